The van der Waals surface area contributed by atoms with Gasteiger partial charge in [-0.1, -0.05) is 0 Å². The molecule has 114 valence electrons. The lowest BCUT2D eigenvalue weighted by Gasteiger charge is -2.43. The van der Waals surface area contributed by atoms with Gasteiger partial charge in [-0.05, 0) is 27.8 Å². The van der Waals surface area contributed by atoms with Gasteiger partial charge in [0.05, 0.1) is 25.4 Å². The van der Waals surface area contributed by atoms with Crippen LogP contribution in [0.25, 0.3) is 0 Å². The molecule has 5 nitrogen and oxygen atoms in total. The van der Waals surface area contributed by atoms with Crippen molar-refractivity contribution in [1.29, 1.82) is 0 Å². The molecular formula is C14H30N2O3. The Morgan fingerprint density at radius 1 is 1.21 bits per heavy atom. The number of hydrogen-bond acceptors (Lipinski definition) is 5. The van der Waals surface area contributed by atoms with Gasteiger partial charge < -0.3 is 14.6 Å². The summed E-state index contributed by atoms with van der Waals surface area (Å²) < 4.78 is 10.6. The Morgan fingerprint density at radius 3 is 2.32 bits per heavy atom. The van der Waals surface area contributed by atoms with Gasteiger partial charge in [0.25, 0.3) is 0 Å². The van der Waals surface area contributed by atoms with E-state index in [0.29, 0.717) is 31.8 Å². The Labute approximate surface area is 117 Å². The van der Waals surface area contributed by atoms with E-state index in [9.17, 15) is 5.11 Å². The fraction of sp³-hybridized carbons (Fsp3) is 1.00. The largest absolute Gasteiger partial charge is 0.389 e. The number of piperazine rings is 1. The van der Waals surface area contributed by atoms with Gasteiger partial charge in [-0.15, -0.1) is 0 Å². The molecule has 1 heterocycles. The van der Waals surface area contributed by atoms with Crippen molar-refractivity contribution >= 4 is 0 Å². The number of nitrogens with zero attached hydrogens (tertiary/aromatic N) is 2. The molecule has 0 spiro atoms. The maximum Gasteiger partial charge on any atom is 0.0900 e. The molecule has 4 unspecified atom stereocenters. The maximum atomic E-state index is 10.0. The van der Waals surface area contributed by atoms with Crippen molar-refractivity contribution in [3.8, 4) is 0 Å². The van der Waals surface area contributed by atoms with Gasteiger partial charge in [-0.3, -0.25) is 9.80 Å². The number of hydrogen-bond donors (Lipinski definition) is 1. The van der Waals surface area contributed by atoms with Crippen molar-refractivity contribution in [2.45, 2.75) is 45.1 Å². The highest BCUT2D eigenvalue weighted by atomic mass is 16.5. The van der Waals surface area contributed by atoms with Crippen molar-refractivity contribution in [3.63, 3.8) is 0 Å². The summed E-state index contributed by atoms with van der Waals surface area (Å²) in [5.41, 5.74) is 0. The third-order valence-corrected chi connectivity index (χ3v) is 3.88. The fourth-order valence-electron chi connectivity index (χ4n) is 2.57. The van der Waals surface area contributed by atoms with Crippen LogP contribution < -0.4 is 0 Å². The summed E-state index contributed by atoms with van der Waals surface area (Å²) in [4.78, 5) is 4.71. The van der Waals surface area contributed by atoms with Crippen LogP contribution in [0.15, 0.2) is 0 Å². The molecular weight excluding hydrogens is 244 g/mol. The van der Waals surface area contributed by atoms with Crippen molar-refractivity contribution in [3.05, 3.63) is 0 Å². The van der Waals surface area contributed by atoms with Gasteiger partial charge in [0.1, 0.15) is 0 Å². The summed E-state index contributed by atoms with van der Waals surface area (Å²) in [5.74, 6) is 0. The summed E-state index contributed by atoms with van der Waals surface area (Å²) in [6.45, 7) is 10.0. The maximum absolute atomic E-state index is 10.0. The Kier molecular flexibility index (Phi) is 7.25. The minimum Gasteiger partial charge on any atom is -0.389 e. The Hall–Kier alpha value is -0.200. The monoisotopic (exact) mass is 274 g/mol. The number of likely N-dealkylation sites (N-methyl/N-ethyl adjacent to an activating group) is 1. The van der Waals surface area contributed by atoms with E-state index in [1.165, 1.54) is 0 Å². The van der Waals surface area contributed by atoms with E-state index in [2.05, 4.69) is 30.7 Å². The van der Waals surface area contributed by atoms with Gasteiger partial charge in [-0.2, -0.15) is 0 Å². The summed E-state index contributed by atoms with van der Waals surface area (Å²) in [6, 6.07) is 1.06. The summed E-state index contributed by atoms with van der Waals surface area (Å²) >= 11 is 0. The van der Waals surface area contributed by atoms with Crippen molar-refractivity contribution in [2.75, 3.05) is 47.0 Å². The predicted molar refractivity (Wildman–Crippen MR) is 76.4 cm³/mol. The molecule has 1 aliphatic rings. The highest BCUT2D eigenvalue weighted by molar-refractivity contribution is 4.83. The molecule has 1 fully saturated rings. The van der Waals surface area contributed by atoms with Crippen molar-refractivity contribution in [1.82, 2.24) is 9.80 Å². The van der Waals surface area contributed by atoms with Gasteiger partial charge in [0.2, 0.25) is 0 Å². The molecule has 1 rings (SSSR count). The quantitative estimate of drug-likeness (QED) is 0.729. The van der Waals surface area contributed by atoms with E-state index in [1.807, 2.05) is 6.92 Å². The second kappa shape index (κ2) is 8.17. The first kappa shape index (κ1) is 16.9. The number of rotatable bonds is 7. The lowest BCUT2D eigenvalue weighted by atomic mass is 10.1. The zero-order valence-corrected chi connectivity index (χ0v) is 13.0. The number of methoxy groups -OCH3 is 1. The van der Waals surface area contributed by atoms with Crippen LogP contribution in [0.4, 0.5) is 0 Å². The highest BCUT2D eigenvalue weighted by Gasteiger charge is 2.27. The van der Waals surface area contributed by atoms with Crippen LogP contribution in [-0.4, -0.2) is 86.2 Å². The van der Waals surface area contributed by atoms with Crippen molar-refractivity contribution < 1.29 is 14.6 Å². The van der Waals surface area contributed by atoms with Crippen LogP contribution in [0, 0.1) is 0 Å². The van der Waals surface area contributed by atoms with E-state index >= 15 is 0 Å². The van der Waals surface area contributed by atoms with Crippen LogP contribution >= 0.6 is 0 Å². The molecule has 0 aromatic carbocycles. The van der Waals surface area contributed by atoms with E-state index < -0.39 is 6.10 Å². The van der Waals surface area contributed by atoms with Crippen LogP contribution in [0.5, 0.6) is 0 Å². The van der Waals surface area contributed by atoms with Gasteiger partial charge in [0.15, 0.2) is 0 Å². The number of ether oxygens (including phenoxy) is 2. The molecule has 0 saturated carbocycles. The van der Waals surface area contributed by atoms with Crippen LogP contribution in [-0.2, 0) is 9.47 Å². The van der Waals surface area contributed by atoms with E-state index in [-0.39, 0.29) is 6.10 Å². The molecule has 5 heteroatoms. The molecule has 1 saturated heterocycles. The fourth-order valence-corrected chi connectivity index (χ4v) is 2.57. The lowest BCUT2D eigenvalue weighted by Crippen LogP contribution is -2.56. The summed E-state index contributed by atoms with van der Waals surface area (Å²) in [7, 11) is 3.82. The zero-order chi connectivity index (χ0) is 14.4. The molecule has 0 radical (unpaired) electrons. The minimum absolute atomic E-state index is 0.0324. The second-order valence-corrected chi connectivity index (χ2v) is 5.84. The molecule has 0 aromatic heterocycles. The van der Waals surface area contributed by atoms with Gasteiger partial charge in [-0.25, -0.2) is 0 Å². The smallest absolute Gasteiger partial charge is 0.0900 e. The van der Waals surface area contributed by atoms with Crippen LogP contribution in [0.3, 0.4) is 0 Å². The van der Waals surface area contributed by atoms with Gasteiger partial charge in [0, 0.05) is 38.8 Å². The molecule has 4 atom stereocenters. The first-order valence-electron chi connectivity index (χ1n) is 7.17. The van der Waals surface area contributed by atoms with Crippen molar-refractivity contribution in [2.24, 2.45) is 0 Å². The molecule has 19 heavy (non-hydrogen) atoms. The summed E-state index contributed by atoms with van der Waals surface area (Å²) in [5, 5.41) is 10.0. The molecule has 0 amide bonds. The highest BCUT2D eigenvalue weighted by Crippen LogP contribution is 2.13. The minimum atomic E-state index is -0.429. The molecule has 0 aliphatic carbocycles. The number of aliphatic hydroxyl groups excluding tert-OH is 1. The Morgan fingerprint density at radius 2 is 1.79 bits per heavy atom. The third kappa shape index (κ3) is 5.75. The first-order chi connectivity index (χ1) is 8.93. The Bertz CT molecular complexity index is 241. The molecule has 0 aromatic rings. The second-order valence-electron chi connectivity index (χ2n) is 5.84. The number of β-amino-alcohol motifs (C(OH)–C–C–N with tert-alkyl or cyclic N) is 1. The summed E-state index contributed by atoms with van der Waals surface area (Å²) in [6.07, 6.45) is -0.396. The van der Waals surface area contributed by atoms with E-state index in [4.69, 9.17) is 9.47 Å². The first-order valence-corrected chi connectivity index (χ1v) is 7.17. The molecule has 0 bridgehead atoms. The predicted octanol–water partition coefficient (Wildman–Crippen LogP) is 0.423. The van der Waals surface area contributed by atoms with E-state index in [0.717, 1.165) is 13.1 Å². The number of aliphatic hydroxyl groups is 1. The average Bonchev–Trinajstić information content (AvgIpc) is 2.34. The normalized spacial score (nSPS) is 29.4. The molecule has 1 N–H and O–H groups in total. The SMILES string of the molecule is COCC(C)OCC(O)CN1CC(C)N(C)C(C)C1. The van der Waals surface area contributed by atoms with Gasteiger partial charge >= 0.3 is 0 Å². The zero-order valence-electron chi connectivity index (χ0n) is 13.0. The van der Waals surface area contributed by atoms with Crippen LogP contribution in [0.1, 0.15) is 20.8 Å². The standard InChI is InChI=1S/C14H30N2O3/c1-11-6-16(7-12(2)15(11)4)8-14(17)10-19-13(3)9-18-5/h11-14,17H,6-10H2,1-5H3. The average molecular weight is 274 g/mol. The third-order valence-electron chi connectivity index (χ3n) is 3.88. The van der Waals surface area contributed by atoms with E-state index in [1.54, 1.807) is 7.11 Å². The van der Waals surface area contributed by atoms with Crippen LogP contribution in [0.2, 0.25) is 0 Å². The molecule has 1 aliphatic heterocycles. The Balaban J connectivity index is 2.26. The topological polar surface area (TPSA) is 45.2 Å². The lowest BCUT2D eigenvalue weighted by molar-refractivity contribution is -0.0476.